The number of Topliss-reactive ketones (excluding diaryl/α,β-unsaturated/α-hetero) is 1. The monoisotopic (exact) mass is 1670 g/mol. The Morgan fingerprint density at radius 3 is 0.871 bits per heavy atom. The van der Waals surface area contributed by atoms with E-state index in [0.29, 0.717) is 42.8 Å². The van der Waals surface area contributed by atoms with Crippen LogP contribution in [0.3, 0.4) is 0 Å². The number of carbonyl (C=O) groups excluding carboxylic acids is 7. The average Bonchev–Trinajstić information content (AvgIpc) is 4.24. The number of halogens is 6. The van der Waals surface area contributed by atoms with Crippen LogP contribution in [0.1, 0.15) is 146 Å². The molecule has 3 heterocycles. The van der Waals surface area contributed by atoms with E-state index < -0.39 is 27.8 Å². The molecule has 441 valence electrons. The molecule has 6 aromatic carbocycles. The normalized spacial score (nSPS) is 21.9. The molecule has 6 aromatic rings. The first-order valence-corrected chi connectivity index (χ1v) is 36.6. The summed E-state index contributed by atoms with van der Waals surface area (Å²) in [6, 6.07) is 43.0. The third kappa shape index (κ3) is 14.6. The van der Waals surface area contributed by atoms with Crippen LogP contribution in [0.5, 0.6) is 0 Å². The van der Waals surface area contributed by atoms with Gasteiger partial charge in [-0.15, -0.1) is 13.2 Å². The zero-order valence-electron chi connectivity index (χ0n) is 44.9. The minimum atomic E-state index is -1.08. The van der Waals surface area contributed by atoms with Gasteiger partial charge in [-0.2, -0.15) is 6.42 Å². The van der Waals surface area contributed by atoms with E-state index in [9.17, 15) is 43.8 Å². The molecule has 3 aliphatic carbocycles. The van der Waals surface area contributed by atoms with Gasteiger partial charge in [0.25, 0.3) is 35.4 Å². The van der Waals surface area contributed by atoms with Crippen molar-refractivity contribution in [3.8, 4) is 0 Å². The average molecular weight is 1680 g/mol. The van der Waals surface area contributed by atoms with Gasteiger partial charge in [-0.05, 0) is 89.5 Å². The van der Waals surface area contributed by atoms with Crippen LogP contribution in [0.4, 0.5) is 0 Å². The molecule has 3 aliphatic heterocycles. The van der Waals surface area contributed by atoms with Gasteiger partial charge in [0.1, 0.15) is 5.78 Å². The predicted molar refractivity (Wildman–Crippen MR) is 354 cm³/mol. The molecule has 0 saturated heterocycles. The van der Waals surface area contributed by atoms with E-state index in [1.54, 1.807) is 72.8 Å². The largest absolute Gasteiger partial charge is 2.00 e. The van der Waals surface area contributed by atoms with Gasteiger partial charge in [-0.25, -0.2) is 0 Å². The van der Waals surface area contributed by atoms with Crippen molar-refractivity contribution in [2.75, 3.05) is 0 Å². The van der Waals surface area contributed by atoms with E-state index >= 15 is 0 Å². The summed E-state index contributed by atoms with van der Waals surface area (Å²) in [6.07, 6.45) is 5.32. The minimum Gasteiger partial charge on any atom is 2.00 e. The molecular weight excluding hydrogens is 1620 g/mol. The molecule has 0 radical (unpaired) electrons. The SMILES string of the molecule is C.C.C=CC1(O)CC(c2ccc(Br)cc2)(N2C(=O)c3ccccc3C2=O)C1.C=CC1(O)CC(c2ccc(Br)cc2)(N2C(=O)c3ccccc3C2=O)C1.O=C1CC(c2ccc(Br)cc2)(N2C(=O)c3ccccc3C2=O)C1.[Br-].[CH-]=C.[CH2-]CC.[I][V][I].[Mg+2]. The second kappa shape index (κ2) is 31.6. The van der Waals surface area contributed by atoms with E-state index in [0.717, 1.165) is 36.5 Å². The summed E-state index contributed by atoms with van der Waals surface area (Å²) >= 11 is 14.9. The number of fused-ring (bicyclic) bond motifs is 3. The molecule has 3 saturated carbocycles. The minimum absolute atomic E-state index is 0. The summed E-state index contributed by atoms with van der Waals surface area (Å²) in [7, 11) is 0.628. The number of imide groups is 3. The second-order valence-electron chi connectivity index (χ2n) is 19.9. The van der Waals surface area contributed by atoms with Crippen molar-refractivity contribution in [2.24, 2.45) is 0 Å². The first-order valence-electron chi connectivity index (χ1n) is 25.2. The van der Waals surface area contributed by atoms with E-state index in [1.807, 2.05) is 79.7 Å². The molecule has 6 amide bonds. The number of aliphatic hydroxyl groups is 2. The van der Waals surface area contributed by atoms with E-state index in [-0.39, 0.29) is 135 Å². The van der Waals surface area contributed by atoms with Crippen LogP contribution < -0.4 is 17.0 Å². The second-order valence-corrected chi connectivity index (χ2v) is 34.4. The number of rotatable bonds is 8. The molecule has 20 heteroatoms. The molecule has 0 unspecified atom stereocenters. The summed E-state index contributed by atoms with van der Waals surface area (Å²) in [4.78, 5) is 93.1. The van der Waals surface area contributed by atoms with Gasteiger partial charge >= 0.3 is 72.5 Å². The van der Waals surface area contributed by atoms with Crippen LogP contribution >= 0.6 is 87.7 Å². The third-order valence-corrected chi connectivity index (χ3v) is 16.5. The number of hydrogen-bond donors (Lipinski definition) is 2. The van der Waals surface area contributed by atoms with Gasteiger partial charge in [0.2, 0.25) is 0 Å². The Morgan fingerprint density at radius 2 is 0.682 bits per heavy atom. The van der Waals surface area contributed by atoms with Gasteiger partial charge < -0.3 is 40.7 Å². The molecule has 6 aliphatic rings. The van der Waals surface area contributed by atoms with Crippen LogP contribution in [0, 0.1) is 13.5 Å². The smallest absolute Gasteiger partial charge is 2.00 e. The molecule has 0 spiro atoms. The molecule has 0 atom stereocenters. The zero-order valence-corrected chi connectivity index (χ0v) is 58.4. The number of nitrogens with zero attached hydrogens (tertiary/aromatic N) is 3. The van der Waals surface area contributed by atoms with Crippen LogP contribution in [0.15, 0.2) is 191 Å². The summed E-state index contributed by atoms with van der Waals surface area (Å²) in [5.41, 5.74) is 0.209. The predicted octanol–water partition coefficient (Wildman–Crippen LogP) is 12.1. The quantitative estimate of drug-likeness (QED) is 0.0495. The number of ketones is 1. The molecule has 0 aromatic heterocycles. The van der Waals surface area contributed by atoms with Crippen molar-refractivity contribution in [3.63, 3.8) is 0 Å². The first-order chi connectivity index (χ1) is 38.7. The van der Waals surface area contributed by atoms with Crippen molar-refractivity contribution in [1.29, 1.82) is 0 Å². The molecule has 85 heavy (non-hydrogen) atoms. The van der Waals surface area contributed by atoms with Crippen molar-refractivity contribution in [1.82, 2.24) is 14.7 Å². The Kier molecular flexibility index (Phi) is 28.1. The van der Waals surface area contributed by atoms with E-state index in [1.165, 1.54) is 26.9 Å². The molecular formula is C65H62Br4I2MgN3O9V-. The van der Waals surface area contributed by atoms with Crippen LogP contribution in [0.2, 0.25) is 0 Å². The Hall–Kier alpha value is -3.72. The van der Waals surface area contributed by atoms with Gasteiger partial charge in [0.15, 0.2) is 0 Å². The fourth-order valence-electron chi connectivity index (χ4n) is 11.3. The van der Waals surface area contributed by atoms with Crippen LogP contribution in [-0.2, 0) is 30.9 Å². The fourth-order valence-corrected chi connectivity index (χ4v) is 12.1. The summed E-state index contributed by atoms with van der Waals surface area (Å²) < 4.78 is 2.73. The van der Waals surface area contributed by atoms with Gasteiger partial charge in [-0.3, -0.25) is 54.8 Å². The number of carbonyl (C=O) groups is 7. The fraction of sp³-hybridized carbons (Fsp3) is 0.231. The van der Waals surface area contributed by atoms with Crippen LogP contribution in [-0.4, -0.2) is 100 Å². The topological polar surface area (TPSA) is 170 Å². The van der Waals surface area contributed by atoms with Crippen LogP contribution in [0.25, 0.3) is 0 Å². The first kappa shape index (κ1) is 75.5. The molecule has 0 bridgehead atoms. The van der Waals surface area contributed by atoms with Crippen molar-refractivity contribution in [3.05, 3.63) is 254 Å². The van der Waals surface area contributed by atoms with Crippen molar-refractivity contribution in [2.45, 2.75) is 94.5 Å². The summed E-state index contributed by atoms with van der Waals surface area (Å²) in [5.74, 6) is -1.82. The standard InChI is InChI=1S/2C20H16BrNO3.C18H12BrNO3.C3H7.C2H3.2CH4.BrH.2HI.Mg.V/c2*1-2-19(25)11-20(12-19,13-7-9-14(21)10-8-13)22-17(23)15-5-3-4-6-16(15)18(22)24;19-12-7-5-11(6-8-12)18(9-13(21)10-18)20-16(22)14-3-1-2-4-15(14)17(20)23;1-3-2;1-2;;;;;;;/h2*2-10,25H,1,11-12H2;1-8H,9-10H2;1,3H2,2H3;1H,2H2;2*1H4;3*1H;;/q;;;2*-1;;;;;;2*+2/p-3. The zero-order chi connectivity index (χ0) is 59.2. The Morgan fingerprint density at radius 1 is 0.494 bits per heavy atom. The molecule has 12 nitrogen and oxygen atoms in total. The Balaban J connectivity index is 0.000000307. The van der Waals surface area contributed by atoms with E-state index in [2.05, 4.69) is 121 Å². The third-order valence-electron chi connectivity index (χ3n) is 14.9. The number of hydrogen-bond acceptors (Lipinski definition) is 9. The van der Waals surface area contributed by atoms with Gasteiger partial charge in [-0.1, -0.05) is 155 Å². The molecule has 12 rings (SSSR count). The summed E-state index contributed by atoms with van der Waals surface area (Å²) in [5, 5.41) is 21.1. The van der Waals surface area contributed by atoms with Crippen molar-refractivity contribution < 1.29 is 70.2 Å². The Labute approximate surface area is 579 Å². The molecule has 2 N–H and O–H groups in total. The van der Waals surface area contributed by atoms with Gasteiger partial charge in [0.05, 0.1) is 61.2 Å². The maximum atomic E-state index is 13.0. The Bertz CT molecular complexity index is 3190. The van der Waals surface area contributed by atoms with Crippen molar-refractivity contribution >= 4 is 152 Å². The maximum Gasteiger partial charge on any atom is 2.00 e. The summed E-state index contributed by atoms with van der Waals surface area (Å²) in [6.45, 7) is 19.9. The van der Waals surface area contributed by atoms with E-state index in [4.69, 9.17) is 0 Å². The number of benzene rings is 6. The maximum absolute atomic E-state index is 13.0. The molecule has 3 fully saturated rings. The number of amides is 6. The van der Waals surface area contributed by atoms with Gasteiger partial charge in [0, 0.05) is 51.9 Å².